The number of urea groups is 1. The van der Waals surface area contributed by atoms with E-state index in [1.165, 1.54) is 6.92 Å². The quantitative estimate of drug-likeness (QED) is 0.841. The molecule has 7 heteroatoms. The predicted molar refractivity (Wildman–Crippen MR) is 102 cm³/mol. The zero-order valence-corrected chi connectivity index (χ0v) is 15.6. The van der Waals surface area contributed by atoms with E-state index in [-0.39, 0.29) is 17.9 Å². The van der Waals surface area contributed by atoms with Gasteiger partial charge in [-0.05, 0) is 51.2 Å². The van der Waals surface area contributed by atoms with Crippen LogP contribution >= 0.6 is 0 Å². The average Bonchev–Trinajstić information content (AvgIpc) is 3.12. The molecule has 0 radical (unpaired) electrons. The zero-order chi connectivity index (χ0) is 18.8. The number of ketones is 1. The van der Waals surface area contributed by atoms with Gasteiger partial charge in [0, 0.05) is 30.8 Å². The summed E-state index contributed by atoms with van der Waals surface area (Å²) in [5.41, 5.74) is 1.23. The number of carbonyl (C=O) groups excluding carboxylic acids is 2. The summed E-state index contributed by atoms with van der Waals surface area (Å²) in [6, 6.07) is 6.88. The highest BCUT2D eigenvalue weighted by Gasteiger charge is 2.33. The van der Waals surface area contributed by atoms with Crippen molar-refractivity contribution in [2.45, 2.75) is 58.0 Å². The van der Waals surface area contributed by atoms with E-state index in [1.54, 1.807) is 18.2 Å². The van der Waals surface area contributed by atoms with Crippen molar-refractivity contribution in [3.63, 3.8) is 0 Å². The largest absolute Gasteiger partial charge is 0.322 e. The first kappa shape index (κ1) is 17.7. The maximum atomic E-state index is 13.0. The van der Waals surface area contributed by atoms with Gasteiger partial charge in [-0.1, -0.05) is 12.1 Å². The number of piperidine rings is 1. The lowest BCUT2D eigenvalue weighted by molar-refractivity contribution is 0.101. The van der Waals surface area contributed by atoms with Gasteiger partial charge in [-0.2, -0.15) is 0 Å². The number of rotatable bonds is 3. The molecular weight excluding hydrogens is 342 g/mol. The number of fused-ring (bicyclic) bond motifs is 1. The molecule has 2 aliphatic rings. The molecule has 0 unspecified atom stereocenters. The van der Waals surface area contributed by atoms with Crippen molar-refractivity contribution in [1.82, 2.24) is 19.7 Å². The standard InChI is InChI=1S/C20H25N5O2/c1-14(26)15-7-6-8-16(13-15)21-20(27)24-11-4-2-9-17(24)19-23-22-18-10-3-5-12-25(18)19/h6-8,13,17H,2-5,9-12H2,1H3,(H,21,27)/t17-/m1/s1. The SMILES string of the molecule is CC(=O)c1cccc(NC(=O)N2CCCC[C@@H]2c2nnc3n2CCCC3)c1. The van der Waals surface area contributed by atoms with E-state index in [4.69, 9.17) is 0 Å². The van der Waals surface area contributed by atoms with E-state index in [1.807, 2.05) is 11.0 Å². The highest BCUT2D eigenvalue weighted by Crippen LogP contribution is 2.32. The number of nitrogens with one attached hydrogen (secondary N) is 1. The number of aromatic nitrogens is 3. The van der Waals surface area contributed by atoms with E-state index in [9.17, 15) is 9.59 Å². The van der Waals surface area contributed by atoms with Gasteiger partial charge in [0.1, 0.15) is 5.82 Å². The van der Waals surface area contributed by atoms with Crippen molar-refractivity contribution < 1.29 is 9.59 Å². The van der Waals surface area contributed by atoms with E-state index in [0.717, 1.165) is 56.7 Å². The topological polar surface area (TPSA) is 80.1 Å². The fraction of sp³-hybridized carbons (Fsp3) is 0.500. The maximum Gasteiger partial charge on any atom is 0.322 e. The molecule has 1 saturated heterocycles. The Morgan fingerprint density at radius 2 is 1.96 bits per heavy atom. The van der Waals surface area contributed by atoms with Crippen molar-refractivity contribution in [1.29, 1.82) is 0 Å². The lowest BCUT2D eigenvalue weighted by atomic mass is 10.0. The molecule has 4 rings (SSSR count). The minimum Gasteiger partial charge on any atom is -0.314 e. The monoisotopic (exact) mass is 367 g/mol. The van der Waals surface area contributed by atoms with Crippen LogP contribution in [0.25, 0.3) is 0 Å². The van der Waals surface area contributed by atoms with Crippen LogP contribution in [0, 0.1) is 0 Å². The molecule has 7 nitrogen and oxygen atoms in total. The number of amides is 2. The third-order valence-electron chi connectivity index (χ3n) is 5.47. The molecule has 2 amide bonds. The number of benzene rings is 1. The van der Waals surface area contributed by atoms with Gasteiger partial charge in [0.15, 0.2) is 11.6 Å². The fourth-order valence-corrected chi connectivity index (χ4v) is 4.03. The summed E-state index contributed by atoms with van der Waals surface area (Å²) in [5, 5.41) is 11.8. The lowest BCUT2D eigenvalue weighted by Gasteiger charge is -2.35. The summed E-state index contributed by atoms with van der Waals surface area (Å²) in [7, 11) is 0. The number of aryl methyl sites for hydroxylation is 1. The molecule has 1 atom stereocenters. The number of likely N-dealkylation sites (tertiary alicyclic amines) is 1. The minimum atomic E-state index is -0.145. The molecule has 1 N–H and O–H groups in total. The van der Waals surface area contributed by atoms with Crippen LogP contribution in [-0.2, 0) is 13.0 Å². The van der Waals surface area contributed by atoms with Crippen LogP contribution in [0.15, 0.2) is 24.3 Å². The summed E-state index contributed by atoms with van der Waals surface area (Å²) < 4.78 is 2.20. The molecule has 0 saturated carbocycles. The lowest BCUT2D eigenvalue weighted by Crippen LogP contribution is -2.42. The van der Waals surface area contributed by atoms with Crippen LogP contribution in [-0.4, -0.2) is 38.0 Å². The number of carbonyl (C=O) groups is 2. The first-order valence-corrected chi connectivity index (χ1v) is 9.74. The van der Waals surface area contributed by atoms with E-state index >= 15 is 0 Å². The summed E-state index contributed by atoms with van der Waals surface area (Å²) in [6.45, 7) is 3.16. The van der Waals surface area contributed by atoms with E-state index in [0.29, 0.717) is 17.8 Å². The van der Waals surface area contributed by atoms with Gasteiger partial charge in [-0.3, -0.25) is 4.79 Å². The maximum absolute atomic E-state index is 13.0. The number of anilines is 1. The second-order valence-corrected chi connectivity index (χ2v) is 7.36. The third kappa shape index (κ3) is 3.59. The van der Waals surface area contributed by atoms with Gasteiger partial charge in [-0.25, -0.2) is 4.79 Å². The van der Waals surface area contributed by atoms with Gasteiger partial charge >= 0.3 is 6.03 Å². The predicted octanol–water partition coefficient (Wildman–Crippen LogP) is 3.58. The number of Topliss-reactive ketones (excluding diaryl/α,β-unsaturated/α-hetero) is 1. The molecule has 1 fully saturated rings. The molecule has 3 heterocycles. The number of nitrogens with zero attached hydrogens (tertiary/aromatic N) is 4. The van der Waals surface area contributed by atoms with Crippen molar-refractivity contribution in [2.75, 3.05) is 11.9 Å². The molecule has 1 aromatic heterocycles. The zero-order valence-electron chi connectivity index (χ0n) is 15.6. The summed E-state index contributed by atoms with van der Waals surface area (Å²) in [5.74, 6) is 1.94. The van der Waals surface area contributed by atoms with Gasteiger partial charge < -0.3 is 14.8 Å². The Kier molecular flexibility index (Phi) is 4.92. The molecular formula is C20H25N5O2. The van der Waals surface area contributed by atoms with Crippen LogP contribution in [0.2, 0.25) is 0 Å². The highest BCUT2D eigenvalue weighted by atomic mass is 16.2. The van der Waals surface area contributed by atoms with Crippen molar-refractivity contribution in [3.8, 4) is 0 Å². The number of hydrogen-bond donors (Lipinski definition) is 1. The normalized spacial score (nSPS) is 19.4. The van der Waals surface area contributed by atoms with E-state index in [2.05, 4.69) is 20.1 Å². The van der Waals surface area contributed by atoms with Crippen LogP contribution < -0.4 is 5.32 Å². The van der Waals surface area contributed by atoms with Crippen molar-refractivity contribution in [3.05, 3.63) is 41.5 Å². The first-order chi connectivity index (χ1) is 13.1. The Hall–Kier alpha value is -2.70. The second-order valence-electron chi connectivity index (χ2n) is 7.36. The molecule has 2 aromatic rings. The highest BCUT2D eigenvalue weighted by molar-refractivity contribution is 5.96. The van der Waals surface area contributed by atoms with Crippen molar-refractivity contribution in [2.24, 2.45) is 0 Å². The average molecular weight is 367 g/mol. The summed E-state index contributed by atoms with van der Waals surface area (Å²) in [4.78, 5) is 26.5. The molecule has 1 aromatic carbocycles. The third-order valence-corrected chi connectivity index (χ3v) is 5.47. The second kappa shape index (κ2) is 7.50. The molecule has 142 valence electrons. The molecule has 0 aliphatic carbocycles. The molecule has 27 heavy (non-hydrogen) atoms. The van der Waals surface area contributed by atoms with Gasteiger partial charge in [-0.15, -0.1) is 10.2 Å². The van der Waals surface area contributed by atoms with Gasteiger partial charge in [0.05, 0.1) is 6.04 Å². The Labute approximate surface area is 158 Å². The fourth-order valence-electron chi connectivity index (χ4n) is 4.03. The van der Waals surface area contributed by atoms with Crippen LogP contribution in [0.5, 0.6) is 0 Å². The summed E-state index contributed by atoms with van der Waals surface area (Å²) in [6.07, 6.45) is 6.21. The van der Waals surface area contributed by atoms with Gasteiger partial charge in [0.2, 0.25) is 0 Å². The Bertz CT molecular complexity index is 860. The first-order valence-electron chi connectivity index (χ1n) is 9.74. The van der Waals surface area contributed by atoms with Crippen LogP contribution in [0.1, 0.15) is 67.1 Å². The molecule has 2 aliphatic heterocycles. The van der Waals surface area contributed by atoms with Crippen LogP contribution in [0.4, 0.5) is 10.5 Å². The molecule has 0 bridgehead atoms. The van der Waals surface area contributed by atoms with Crippen molar-refractivity contribution >= 4 is 17.5 Å². The summed E-state index contributed by atoms with van der Waals surface area (Å²) >= 11 is 0. The smallest absolute Gasteiger partial charge is 0.314 e. The Morgan fingerprint density at radius 1 is 1.11 bits per heavy atom. The minimum absolute atomic E-state index is 0.0166. The van der Waals surface area contributed by atoms with Crippen LogP contribution in [0.3, 0.4) is 0 Å². The Morgan fingerprint density at radius 3 is 2.81 bits per heavy atom. The Balaban J connectivity index is 1.55. The van der Waals surface area contributed by atoms with Gasteiger partial charge in [0.25, 0.3) is 0 Å². The van der Waals surface area contributed by atoms with E-state index < -0.39 is 0 Å². The number of hydrogen-bond acceptors (Lipinski definition) is 4. The molecule has 0 spiro atoms.